The summed E-state index contributed by atoms with van der Waals surface area (Å²) in [7, 11) is 0. The number of hydrogen-bond acceptors (Lipinski definition) is 5. The van der Waals surface area contributed by atoms with Crippen molar-refractivity contribution in [1.29, 1.82) is 0 Å². The molecule has 196 valence electrons. The Morgan fingerprint density at radius 3 is 2.41 bits per heavy atom. The van der Waals surface area contributed by atoms with Crippen molar-refractivity contribution >= 4 is 47.0 Å². The van der Waals surface area contributed by atoms with E-state index in [-0.39, 0.29) is 30.6 Å². The van der Waals surface area contributed by atoms with Crippen LogP contribution in [0.25, 0.3) is 6.08 Å². The van der Waals surface area contributed by atoms with Gasteiger partial charge >= 0.3 is 0 Å². The lowest BCUT2D eigenvalue weighted by atomic mass is 9.85. The number of likely N-dealkylation sites (tertiary alicyclic amines) is 1. The third-order valence-electron chi connectivity index (χ3n) is 7.02. The Kier molecular flexibility index (Phi) is 8.84. The van der Waals surface area contributed by atoms with Crippen LogP contribution in [0.5, 0.6) is 0 Å². The van der Waals surface area contributed by atoms with Crippen LogP contribution >= 0.6 is 23.2 Å². The molecule has 2 aliphatic rings. The van der Waals surface area contributed by atoms with Gasteiger partial charge in [-0.25, -0.2) is 0 Å². The average molecular weight is 545 g/mol. The van der Waals surface area contributed by atoms with Crippen molar-refractivity contribution in [3.05, 3.63) is 70.0 Å². The van der Waals surface area contributed by atoms with Gasteiger partial charge in [0.1, 0.15) is 0 Å². The molecule has 1 aromatic heterocycles. The van der Waals surface area contributed by atoms with Crippen LogP contribution in [0.1, 0.15) is 36.8 Å². The van der Waals surface area contributed by atoms with Crippen molar-refractivity contribution in [2.24, 2.45) is 0 Å². The van der Waals surface area contributed by atoms with Gasteiger partial charge in [-0.15, -0.1) is 0 Å². The Morgan fingerprint density at radius 1 is 0.973 bits per heavy atom. The van der Waals surface area contributed by atoms with E-state index in [1.807, 2.05) is 0 Å². The number of pyridine rings is 1. The van der Waals surface area contributed by atoms with Gasteiger partial charge in [-0.2, -0.15) is 0 Å². The minimum atomic E-state index is -0.954. The second-order valence-corrected chi connectivity index (χ2v) is 10.2. The van der Waals surface area contributed by atoms with E-state index in [0.29, 0.717) is 62.2 Å². The molecule has 3 heterocycles. The van der Waals surface area contributed by atoms with E-state index in [1.165, 1.54) is 6.08 Å². The number of carbonyl (C=O) groups excluding carboxylic acids is 3. The quantitative estimate of drug-likeness (QED) is 0.562. The molecule has 0 bridgehead atoms. The van der Waals surface area contributed by atoms with Crippen LogP contribution in [0.15, 0.2) is 48.8 Å². The summed E-state index contributed by atoms with van der Waals surface area (Å²) >= 11 is 12.0. The van der Waals surface area contributed by atoms with Crippen LogP contribution in [0.2, 0.25) is 10.0 Å². The van der Waals surface area contributed by atoms with Crippen molar-refractivity contribution in [3.63, 3.8) is 0 Å². The molecule has 2 saturated heterocycles. The molecule has 0 saturated carbocycles. The van der Waals surface area contributed by atoms with E-state index in [9.17, 15) is 19.5 Å². The molecule has 0 spiro atoms. The number of aliphatic hydroxyl groups is 1. The summed E-state index contributed by atoms with van der Waals surface area (Å²) in [6.45, 7) is 2.32. The fourth-order valence-electron chi connectivity index (χ4n) is 4.68. The predicted molar refractivity (Wildman–Crippen MR) is 142 cm³/mol. The first-order valence-electron chi connectivity index (χ1n) is 12.4. The van der Waals surface area contributed by atoms with Crippen LogP contribution in [0, 0.1) is 0 Å². The number of hydrogen-bond donors (Lipinski definition) is 1. The number of piperidine rings is 1. The number of rotatable bonds is 6. The van der Waals surface area contributed by atoms with Crippen molar-refractivity contribution < 1.29 is 19.5 Å². The molecule has 1 N–H and O–H groups in total. The van der Waals surface area contributed by atoms with Crippen LogP contribution < -0.4 is 0 Å². The average Bonchev–Trinajstić information content (AvgIpc) is 3.10. The first-order chi connectivity index (χ1) is 17.7. The maximum Gasteiger partial charge on any atom is 0.246 e. The van der Waals surface area contributed by atoms with Gasteiger partial charge in [0.2, 0.25) is 17.7 Å². The minimum absolute atomic E-state index is 0.0358. The number of carbonyl (C=O) groups is 3. The Morgan fingerprint density at radius 2 is 1.70 bits per heavy atom. The van der Waals surface area contributed by atoms with E-state index in [2.05, 4.69) is 4.98 Å². The monoisotopic (exact) mass is 544 g/mol. The topological polar surface area (TPSA) is 94.1 Å². The van der Waals surface area contributed by atoms with Crippen LogP contribution in [-0.2, 0) is 20.0 Å². The molecule has 2 aliphatic heterocycles. The highest BCUT2D eigenvalue weighted by atomic mass is 35.5. The van der Waals surface area contributed by atoms with E-state index in [0.717, 1.165) is 11.1 Å². The summed E-state index contributed by atoms with van der Waals surface area (Å²) < 4.78 is 0. The van der Waals surface area contributed by atoms with Crippen molar-refractivity contribution in [2.75, 3.05) is 39.3 Å². The molecule has 37 heavy (non-hydrogen) atoms. The van der Waals surface area contributed by atoms with Gasteiger partial charge in [0, 0.05) is 70.6 Å². The highest BCUT2D eigenvalue weighted by Gasteiger charge is 2.35. The summed E-state index contributed by atoms with van der Waals surface area (Å²) in [5.41, 5.74) is 0.617. The summed E-state index contributed by atoms with van der Waals surface area (Å²) in [5, 5.41) is 11.8. The smallest absolute Gasteiger partial charge is 0.246 e. The van der Waals surface area contributed by atoms with Crippen LogP contribution in [0.4, 0.5) is 0 Å². The number of halogens is 2. The molecule has 0 aliphatic carbocycles. The summed E-state index contributed by atoms with van der Waals surface area (Å²) in [5.74, 6) is -0.291. The van der Waals surface area contributed by atoms with Gasteiger partial charge in [-0.1, -0.05) is 29.3 Å². The SMILES string of the molecule is O=C(C=Cc1ccc(Cl)c(Cl)c1)N1CCC(=O)N(CCC(=O)N2CCC(O)(c3ccncc3)CC2)CC1. The summed E-state index contributed by atoms with van der Waals surface area (Å²) in [6, 6.07) is 8.73. The van der Waals surface area contributed by atoms with Crippen molar-refractivity contribution in [1.82, 2.24) is 19.7 Å². The second kappa shape index (κ2) is 12.1. The first-order valence-corrected chi connectivity index (χ1v) is 13.1. The number of benzene rings is 1. The number of amides is 3. The van der Waals surface area contributed by atoms with Crippen molar-refractivity contribution in [2.45, 2.75) is 31.3 Å². The van der Waals surface area contributed by atoms with Gasteiger partial charge < -0.3 is 19.8 Å². The summed E-state index contributed by atoms with van der Waals surface area (Å²) in [6.07, 6.45) is 7.78. The molecule has 3 amide bonds. The molecule has 0 atom stereocenters. The lowest BCUT2D eigenvalue weighted by molar-refractivity contribution is -0.137. The third kappa shape index (κ3) is 6.89. The van der Waals surface area contributed by atoms with Gasteiger partial charge in [-0.05, 0) is 54.3 Å². The third-order valence-corrected chi connectivity index (χ3v) is 7.76. The van der Waals surface area contributed by atoms with Crippen molar-refractivity contribution in [3.8, 4) is 0 Å². The fraction of sp³-hybridized carbons (Fsp3) is 0.407. The van der Waals surface area contributed by atoms with E-state index >= 15 is 0 Å². The van der Waals surface area contributed by atoms with Gasteiger partial charge in [-0.3, -0.25) is 19.4 Å². The molecule has 10 heteroatoms. The maximum atomic E-state index is 12.8. The minimum Gasteiger partial charge on any atom is -0.385 e. The number of aromatic nitrogens is 1. The molecular formula is C27H30Cl2N4O4. The van der Waals surface area contributed by atoms with Gasteiger partial charge in [0.05, 0.1) is 15.6 Å². The standard InChI is InChI=1S/C27H30Cl2N4O4/c28-22-3-1-20(19-23(22)29)2-4-24(34)31-13-7-25(35)32(18-17-31)14-8-26(36)33-15-9-27(37,10-16-33)21-5-11-30-12-6-21/h1-6,11-12,19,37H,7-10,13-18H2. The zero-order chi connectivity index (χ0) is 26.4. The zero-order valence-corrected chi connectivity index (χ0v) is 22.0. The Balaban J connectivity index is 1.24. The molecule has 0 unspecified atom stereocenters. The molecule has 4 rings (SSSR count). The Labute approximate surface area is 226 Å². The van der Waals surface area contributed by atoms with Gasteiger partial charge in [0.15, 0.2) is 0 Å². The molecule has 1 aromatic carbocycles. The zero-order valence-electron chi connectivity index (χ0n) is 20.5. The van der Waals surface area contributed by atoms with E-state index < -0.39 is 5.60 Å². The molecule has 2 aromatic rings. The molecule has 0 radical (unpaired) electrons. The fourth-order valence-corrected chi connectivity index (χ4v) is 4.98. The lowest BCUT2D eigenvalue weighted by Crippen LogP contribution is -2.46. The summed E-state index contributed by atoms with van der Waals surface area (Å²) in [4.78, 5) is 47.2. The Hall–Kier alpha value is -2.94. The molecule has 2 fully saturated rings. The normalized spacial score (nSPS) is 18.2. The van der Waals surface area contributed by atoms with Gasteiger partial charge in [0.25, 0.3) is 0 Å². The first kappa shape index (κ1) is 27.1. The van der Waals surface area contributed by atoms with E-state index in [1.54, 1.807) is 63.5 Å². The number of nitrogens with zero attached hydrogens (tertiary/aromatic N) is 4. The maximum absolute atomic E-state index is 12.8. The van der Waals surface area contributed by atoms with E-state index in [4.69, 9.17) is 23.2 Å². The largest absolute Gasteiger partial charge is 0.385 e. The second-order valence-electron chi connectivity index (χ2n) is 9.36. The Bertz CT molecular complexity index is 1170. The highest BCUT2D eigenvalue weighted by Crippen LogP contribution is 2.32. The predicted octanol–water partition coefficient (Wildman–Crippen LogP) is 3.36. The lowest BCUT2D eigenvalue weighted by Gasteiger charge is -2.38. The van der Waals surface area contributed by atoms with Crippen LogP contribution in [0.3, 0.4) is 0 Å². The molecular weight excluding hydrogens is 515 g/mol. The molecule has 8 nitrogen and oxygen atoms in total. The highest BCUT2D eigenvalue weighted by molar-refractivity contribution is 6.42. The van der Waals surface area contributed by atoms with Crippen LogP contribution in [-0.4, -0.2) is 81.8 Å².